The number of aliphatic hydroxyl groups excluding tert-OH is 3. The molecule has 0 saturated heterocycles. The number of methoxy groups -OCH3 is 1. The van der Waals surface area contributed by atoms with E-state index in [1.54, 1.807) is 36.4 Å². The number of aryl methyl sites for hydroxylation is 2. The van der Waals surface area contributed by atoms with Gasteiger partial charge < -0.3 is 30.7 Å². The van der Waals surface area contributed by atoms with Crippen molar-refractivity contribution >= 4 is 28.2 Å². The van der Waals surface area contributed by atoms with E-state index in [0.717, 1.165) is 29.1 Å². The van der Waals surface area contributed by atoms with E-state index in [4.69, 9.17) is 9.84 Å². The van der Waals surface area contributed by atoms with E-state index >= 15 is 0 Å². The maximum atomic E-state index is 12.6. The van der Waals surface area contributed by atoms with E-state index < -0.39 is 37.3 Å². The number of aliphatic hydroxyl groups is 3. The lowest BCUT2D eigenvalue weighted by molar-refractivity contribution is -0.212. The number of carbonyl (C=O) groups is 1. The molecular formula is C32H38F3N7O5S. The predicted molar refractivity (Wildman–Crippen MR) is 173 cm³/mol. The van der Waals surface area contributed by atoms with Gasteiger partial charge in [0.2, 0.25) is 11.0 Å². The molecule has 0 bridgehead atoms. The van der Waals surface area contributed by atoms with Crippen molar-refractivity contribution in [3.05, 3.63) is 94.1 Å². The van der Waals surface area contributed by atoms with E-state index in [0.29, 0.717) is 34.9 Å². The number of benzene rings is 2. The number of nitrogens with zero attached hydrogens (tertiary/aromatic N) is 4. The van der Waals surface area contributed by atoms with Crippen LogP contribution in [-0.2, 0) is 35.3 Å². The SMILES string of the molecule is COC(c1ccccc1)C(O)Nc1nnc(CCCCc2ccc(NC(=O)Cc3cccc(CNC(O)CC(O)C(F)(F)F)c3)nn2)s1. The average molecular weight is 690 g/mol. The number of aromatic nitrogens is 4. The van der Waals surface area contributed by atoms with Gasteiger partial charge in [-0.25, -0.2) is 0 Å². The van der Waals surface area contributed by atoms with Crippen molar-refractivity contribution in [1.29, 1.82) is 0 Å². The van der Waals surface area contributed by atoms with Crippen LogP contribution in [0.2, 0.25) is 0 Å². The Kier molecular flexibility index (Phi) is 13.7. The third-order valence-corrected chi connectivity index (χ3v) is 8.10. The van der Waals surface area contributed by atoms with Crippen molar-refractivity contribution in [2.75, 3.05) is 17.7 Å². The molecule has 16 heteroatoms. The summed E-state index contributed by atoms with van der Waals surface area (Å²) >= 11 is 1.37. The summed E-state index contributed by atoms with van der Waals surface area (Å²) in [7, 11) is 1.54. The monoisotopic (exact) mass is 689 g/mol. The summed E-state index contributed by atoms with van der Waals surface area (Å²) in [6.45, 7) is 0.0434. The number of halogens is 3. The van der Waals surface area contributed by atoms with Crippen molar-refractivity contribution in [3.8, 4) is 0 Å². The number of amides is 1. The molecule has 0 saturated carbocycles. The van der Waals surface area contributed by atoms with Crippen LogP contribution in [0.1, 0.15) is 52.8 Å². The standard InChI is InChI=1S/C32H38F3N7O5S/c1-47-29(22-10-3-2-4-11-22)30(46)38-31-42-41-28(48-31)13-6-5-12-23-14-15-25(40-39-23)37-27(45)17-20-8-7-9-21(16-20)19-36-26(44)18-24(43)32(33,34)35/h2-4,7-11,14-16,24,26,29-30,36,43-44,46H,5-6,12-13,17-19H2,1H3,(H,38,42)(H,37,40,45). The Morgan fingerprint density at radius 3 is 2.38 bits per heavy atom. The minimum absolute atomic E-state index is 0.0222. The van der Waals surface area contributed by atoms with E-state index in [9.17, 15) is 28.2 Å². The minimum atomic E-state index is -4.81. The molecule has 0 spiro atoms. The normalized spacial score (nSPS) is 14.2. The summed E-state index contributed by atoms with van der Waals surface area (Å²) < 4.78 is 42.9. The van der Waals surface area contributed by atoms with Crippen LogP contribution in [0.15, 0.2) is 66.7 Å². The van der Waals surface area contributed by atoms with E-state index in [-0.39, 0.29) is 18.9 Å². The number of anilines is 2. The largest absolute Gasteiger partial charge is 0.414 e. The topological polar surface area (TPSA) is 175 Å². The minimum Gasteiger partial charge on any atom is -0.384 e. The molecule has 1 amide bonds. The quantitative estimate of drug-likeness (QED) is 0.0660. The first-order chi connectivity index (χ1) is 23.0. The first-order valence-corrected chi connectivity index (χ1v) is 16.0. The third kappa shape index (κ3) is 11.9. The number of hydrogen-bond donors (Lipinski definition) is 6. The number of hydrogen-bond acceptors (Lipinski definition) is 12. The van der Waals surface area contributed by atoms with Crippen LogP contribution in [0, 0.1) is 0 Å². The maximum absolute atomic E-state index is 12.6. The van der Waals surface area contributed by atoms with Gasteiger partial charge in [0.15, 0.2) is 18.1 Å². The number of ether oxygens (including phenoxy) is 1. The Morgan fingerprint density at radius 2 is 1.67 bits per heavy atom. The molecule has 0 fully saturated rings. The molecule has 0 aliphatic carbocycles. The van der Waals surface area contributed by atoms with E-state index in [1.165, 1.54) is 18.4 Å². The Bertz CT molecular complexity index is 1560. The molecule has 2 aromatic heterocycles. The van der Waals surface area contributed by atoms with Gasteiger partial charge in [0.25, 0.3) is 0 Å². The van der Waals surface area contributed by atoms with E-state index in [1.807, 2.05) is 30.3 Å². The second-order valence-corrected chi connectivity index (χ2v) is 12.1. The fourth-order valence-corrected chi connectivity index (χ4v) is 5.55. The number of nitrogens with one attached hydrogen (secondary N) is 3. The average Bonchev–Trinajstić information content (AvgIpc) is 3.50. The van der Waals surface area contributed by atoms with E-state index in [2.05, 4.69) is 36.3 Å². The van der Waals surface area contributed by atoms with Gasteiger partial charge in [-0.3, -0.25) is 10.1 Å². The Labute approximate surface area is 279 Å². The van der Waals surface area contributed by atoms with Gasteiger partial charge >= 0.3 is 6.18 Å². The zero-order valence-corrected chi connectivity index (χ0v) is 26.9. The second kappa shape index (κ2) is 17.9. The second-order valence-electron chi connectivity index (χ2n) is 11.0. The van der Waals surface area contributed by atoms with Gasteiger partial charge in [0.05, 0.1) is 12.1 Å². The highest BCUT2D eigenvalue weighted by Gasteiger charge is 2.39. The lowest BCUT2D eigenvalue weighted by atomic mass is 10.1. The lowest BCUT2D eigenvalue weighted by Crippen LogP contribution is -2.38. The molecule has 258 valence electrons. The molecule has 4 rings (SSSR count). The summed E-state index contributed by atoms with van der Waals surface area (Å²) in [6.07, 6.45) is -8.36. The maximum Gasteiger partial charge on any atom is 0.414 e. The Hall–Kier alpha value is -4.06. The fourth-order valence-electron chi connectivity index (χ4n) is 4.73. The van der Waals surface area contributed by atoms with Gasteiger partial charge in [0, 0.05) is 26.5 Å². The van der Waals surface area contributed by atoms with Crippen LogP contribution in [0.25, 0.3) is 0 Å². The molecule has 4 atom stereocenters. The highest BCUT2D eigenvalue weighted by atomic mass is 32.1. The van der Waals surface area contributed by atoms with Crippen LogP contribution in [0.5, 0.6) is 0 Å². The molecule has 4 aromatic rings. The fraction of sp³-hybridized carbons (Fsp3) is 0.406. The number of unbranched alkanes of at least 4 members (excludes halogenated alkanes) is 1. The van der Waals surface area contributed by atoms with Gasteiger partial charge in [0.1, 0.15) is 17.3 Å². The summed E-state index contributed by atoms with van der Waals surface area (Å²) in [5.74, 6) is -0.0290. The molecule has 0 aliphatic heterocycles. The van der Waals surface area contributed by atoms with Crippen LogP contribution >= 0.6 is 11.3 Å². The predicted octanol–water partition coefficient (Wildman–Crippen LogP) is 3.91. The zero-order chi connectivity index (χ0) is 34.5. The van der Waals surface area contributed by atoms with Gasteiger partial charge in [-0.05, 0) is 48.1 Å². The van der Waals surface area contributed by atoms with Crippen LogP contribution in [0.4, 0.5) is 24.1 Å². The lowest BCUT2D eigenvalue weighted by Gasteiger charge is -2.22. The molecule has 12 nitrogen and oxygen atoms in total. The van der Waals surface area contributed by atoms with Gasteiger partial charge in [-0.15, -0.1) is 15.3 Å². The molecule has 0 aliphatic rings. The van der Waals surface area contributed by atoms with Crippen molar-refractivity contribution in [2.24, 2.45) is 0 Å². The van der Waals surface area contributed by atoms with Crippen molar-refractivity contribution in [1.82, 2.24) is 25.7 Å². The Morgan fingerprint density at radius 1 is 0.917 bits per heavy atom. The molecule has 48 heavy (non-hydrogen) atoms. The zero-order valence-electron chi connectivity index (χ0n) is 26.1. The first-order valence-electron chi connectivity index (χ1n) is 15.2. The number of alkyl halides is 3. The molecule has 2 aromatic carbocycles. The first kappa shape index (κ1) is 36.8. The number of carbonyl (C=O) groups excluding carboxylic acids is 1. The summed E-state index contributed by atoms with van der Waals surface area (Å²) in [5, 5.41) is 55.6. The van der Waals surface area contributed by atoms with Crippen molar-refractivity contribution < 1.29 is 38.0 Å². The third-order valence-electron chi connectivity index (χ3n) is 7.19. The summed E-state index contributed by atoms with van der Waals surface area (Å²) in [5.41, 5.74) is 2.91. The smallest absolute Gasteiger partial charge is 0.384 e. The highest BCUT2D eigenvalue weighted by molar-refractivity contribution is 7.15. The van der Waals surface area contributed by atoms with Crippen molar-refractivity contribution in [3.63, 3.8) is 0 Å². The van der Waals surface area contributed by atoms with Gasteiger partial charge in [-0.2, -0.15) is 18.3 Å². The Balaban J connectivity index is 1.15. The summed E-state index contributed by atoms with van der Waals surface area (Å²) in [4.78, 5) is 12.6. The number of rotatable bonds is 18. The van der Waals surface area contributed by atoms with Crippen LogP contribution in [-0.4, -0.2) is 73.5 Å². The molecule has 6 N–H and O–H groups in total. The summed E-state index contributed by atoms with van der Waals surface area (Å²) in [6, 6.07) is 19.7. The highest BCUT2D eigenvalue weighted by Crippen LogP contribution is 2.25. The molecule has 2 heterocycles. The van der Waals surface area contributed by atoms with Gasteiger partial charge in [-0.1, -0.05) is 65.9 Å². The molecule has 4 unspecified atom stereocenters. The van der Waals surface area contributed by atoms with Crippen LogP contribution < -0.4 is 16.0 Å². The van der Waals surface area contributed by atoms with Crippen LogP contribution in [0.3, 0.4) is 0 Å². The van der Waals surface area contributed by atoms with Crippen molar-refractivity contribution in [2.45, 2.75) is 75.9 Å². The molecule has 0 radical (unpaired) electrons. The molecular weight excluding hydrogens is 651 g/mol.